The summed E-state index contributed by atoms with van der Waals surface area (Å²) in [5, 5.41) is 2.57. The van der Waals surface area contributed by atoms with Gasteiger partial charge in [-0.05, 0) is 43.6 Å². The highest BCUT2D eigenvalue weighted by atomic mass is 32.1. The maximum Gasteiger partial charge on any atom is 0.329 e. The Hall–Kier alpha value is -2.18. The van der Waals surface area contributed by atoms with E-state index in [0.29, 0.717) is 23.3 Å². The number of aromatic amines is 1. The van der Waals surface area contributed by atoms with Crippen LogP contribution in [0.2, 0.25) is 0 Å². The molecule has 0 aliphatic carbocycles. The number of thiophene rings is 1. The fourth-order valence-corrected chi connectivity index (χ4v) is 4.11. The van der Waals surface area contributed by atoms with Gasteiger partial charge in [0.25, 0.3) is 5.56 Å². The smallest absolute Gasteiger partial charge is 0.302 e. The topological polar surface area (TPSA) is 58.1 Å². The molecule has 138 valence electrons. The molecule has 0 saturated heterocycles. The van der Waals surface area contributed by atoms with Crippen molar-refractivity contribution < 1.29 is 0 Å². The summed E-state index contributed by atoms with van der Waals surface area (Å²) < 4.78 is 1.33. The van der Waals surface area contributed by atoms with Gasteiger partial charge in [0.1, 0.15) is 4.83 Å². The van der Waals surface area contributed by atoms with Crippen LogP contribution < -0.4 is 11.2 Å². The molecule has 0 saturated carbocycles. The van der Waals surface area contributed by atoms with E-state index < -0.39 is 0 Å². The van der Waals surface area contributed by atoms with Gasteiger partial charge in [0, 0.05) is 24.0 Å². The lowest BCUT2D eigenvalue weighted by Gasteiger charge is -2.18. The first kappa shape index (κ1) is 18.6. The van der Waals surface area contributed by atoms with E-state index in [2.05, 4.69) is 49.7 Å². The zero-order valence-electron chi connectivity index (χ0n) is 15.8. The minimum Gasteiger partial charge on any atom is -0.302 e. The summed E-state index contributed by atoms with van der Waals surface area (Å²) in [6.45, 7) is 11.2. The second-order valence-corrected chi connectivity index (χ2v) is 7.45. The Morgan fingerprint density at radius 1 is 1.12 bits per heavy atom. The number of aromatic nitrogens is 2. The first-order chi connectivity index (χ1) is 12.5. The van der Waals surface area contributed by atoms with Crippen molar-refractivity contribution in [3.05, 3.63) is 55.5 Å². The average Bonchev–Trinajstić information content (AvgIpc) is 3.04. The first-order valence-corrected chi connectivity index (χ1v) is 9.88. The number of hydrogen-bond acceptors (Lipinski definition) is 4. The zero-order chi connectivity index (χ0) is 18.8. The summed E-state index contributed by atoms with van der Waals surface area (Å²) in [7, 11) is 0. The summed E-state index contributed by atoms with van der Waals surface area (Å²) in [6.07, 6.45) is 0. The number of fused-ring (bicyclic) bond motifs is 1. The van der Waals surface area contributed by atoms with E-state index in [1.165, 1.54) is 27.0 Å². The van der Waals surface area contributed by atoms with Crippen LogP contribution in [0.3, 0.4) is 0 Å². The van der Waals surface area contributed by atoms with E-state index >= 15 is 0 Å². The summed E-state index contributed by atoms with van der Waals surface area (Å²) in [5.41, 5.74) is 3.78. The molecule has 0 radical (unpaired) electrons. The lowest BCUT2D eigenvalue weighted by Crippen LogP contribution is -2.39. The summed E-state index contributed by atoms with van der Waals surface area (Å²) >= 11 is 1.41. The van der Waals surface area contributed by atoms with Crippen molar-refractivity contribution in [2.24, 2.45) is 0 Å². The summed E-state index contributed by atoms with van der Waals surface area (Å²) in [5.74, 6) is 0. The Balaban J connectivity index is 2.10. The maximum absolute atomic E-state index is 13.1. The second-order valence-electron chi connectivity index (χ2n) is 6.57. The minimum atomic E-state index is -0.330. The molecule has 0 bridgehead atoms. The Bertz CT molecular complexity index is 1040. The maximum atomic E-state index is 13.1. The molecule has 2 heterocycles. The van der Waals surface area contributed by atoms with Gasteiger partial charge in [0.2, 0.25) is 0 Å². The molecule has 5 nitrogen and oxygen atoms in total. The quantitative estimate of drug-likeness (QED) is 0.723. The lowest BCUT2D eigenvalue weighted by molar-refractivity contribution is 0.287. The fraction of sp³-hybridized carbons (Fsp3) is 0.400. The van der Waals surface area contributed by atoms with Crippen LogP contribution in [0.5, 0.6) is 0 Å². The highest BCUT2D eigenvalue weighted by Crippen LogP contribution is 2.31. The predicted octanol–water partition coefficient (Wildman–Crippen LogP) is 3.38. The van der Waals surface area contributed by atoms with E-state index in [0.717, 1.165) is 24.2 Å². The van der Waals surface area contributed by atoms with Crippen molar-refractivity contribution in [2.75, 3.05) is 19.6 Å². The highest BCUT2D eigenvalue weighted by Gasteiger charge is 2.15. The fourth-order valence-electron chi connectivity index (χ4n) is 3.16. The van der Waals surface area contributed by atoms with Gasteiger partial charge in [-0.2, -0.15) is 0 Å². The molecular formula is C20H25N3O2S. The Labute approximate surface area is 156 Å². The van der Waals surface area contributed by atoms with Gasteiger partial charge in [-0.25, -0.2) is 4.79 Å². The third-order valence-electron chi connectivity index (χ3n) is 5.07. The second kappa shape index (κ2) is 7.60. The van der Waals surface area contributed by atoms with Crippen molar-refractivity contribution in [1.29, 1.82) is 0 Å². The van der Waals surface area contributed by atoms with Gasteiger partial charge < -0.3 is 4.90 Å². The van der Waals surface area contributed by atoms with Crippen molar-refractivity contribution in [1.82, 2.24) is 14.5 Å². The van der Waals surface area contributed by atoms with Crippen LogP contribution in [-0.2, 0) is 6.54 Å². The normalized spacial score (nSPS) is 11.6. The highest BCUT2D eigenvalue weighted by molar-refractivity contribution is 7.17. The molecule has 0 fully saturated rings. The van der Waals surface area contributed by atoms with Crippen molar-refractivity contribution in [3.8, 4) is 11.1 Å². The van der Waals surface area contributed by atoms with E-state index in [1.54, 1.807) is 0 Å². The molecule has 3 aromatic rings. The Morgan fingerprint density at radius 3 is 2.50 bits per heavy atom. The molecule has 2 aromatic heterocycles. The standard InChI is InChI=1S/C20H25N3O2S/c1-5-22(6-2)9-10-23-19(24)17-16(12-26-18(17)21-20(23)25)15-8-7-13(3)14(4)11-15/h7-8,11-12H,5-6,9-10H2,1-4H3,(H,21,25). The largest absolute Gasteiger partial charge is 0.329 e. The number of hydrogen-bond donors (Lipinski definition) is 1. The van der Waals surface area contributed by atoms with Crippen LogP contribution >= 0.6 is 11.3 Å². The molecule has 6 heteroatoms. The third-order valence-corrected chi connectivity index (χ3v) is 5.96. The molecule has 0 atom stereocenters. The van der Waals surface area contributed by atoms with Gasteiger partial charge in [0.05, 0.1) is 5.39 Å². The van der Waals surface area contributed by atoms with E-state index in [1.807, 2.05) is 11.4 Å². The minimum absolute atomic E-state index is 0.203. The van der Waals surface area contributed by atoms with E-state index in [-0.39, 0.29) is 11.2 Å². The molecule has 0 unspecified atom stereocenters. The van der Waals surface area contributed by atoms with Gasteiger partial charge in [-0.15, -0.1) is 11.3 Å². The first-order valence-electron chi connectivity index (χ1n) is 9.00. The van der Waals surface area contributed by atoms with Crippen molar-refractivity contribution in [2.45, 2.75) is 34.2 Å². The molecule has 0 spiro atoms. The molecule has 1 aromatic carbocycles. The van der Waals surface area contributed by atoms with Gasteiger partial charge >= 0.3 is 5.69 Å². The molecule has 0 amide bonds. The lowest BCUT2D eigenvalue weighted by atomic mass is 10.0. The average molecular weight is 372 g/mol. The Morgan fingerprint density at radius 2 is 1.85 bits per heavy atom. The molecule has 26 heavy (non-hydrogen) atoms. The van der Waals surface area contributed by atoms with Gasteiger partial charge in [-0.3, -0.25) is 14.3 Å². The number of benzene rings is 1. The zero-order valence-corrected chi connectivity index (χ0v) is 16.6. The van der Waals surface area contributed by atoms with Crippen LogP contribution in [0.25, 0.3) is 21.3 Å². The number of rotatable bonds is 6. The molecule has 1 N–H and O–H groups in total. The SMILES string of the molecule is CCN(CC)CCn1c(=O)[nH]c2scc(-c3ccc(C)c(C)c3)c2c1=O. The monoisotopic (exact) mass is 371 g/mol. The van der Waals surface area contributed by atoms with Crippen LogP contribution in [0.4, 0.5) is 0 Å². The number of likely N-dealkylation sites (N-methyl/N-ethyl adjacent to an activating group) is 1. The van der Waals surface area contributed by atoms with Crippen LogP contribution in [-0.4, -0.2) is 34.1 Å². The van der Waals surface area contributed by atoms with Crippen molar-refractivity contribution in [3.63, 3.8) is 0 Å². The number of aryl methyl sites for hydroxylation is 2. The molecular weight excluding hydrogens is 346 g/mol. The summed E-state index contributed by atoms with van der Waals surface area (Å²) in [6, 6.07) is 6.20. The molecule has 0 aliphatic heterocycles. The predicted molar refractivity (Wildman–Crippen MR) is 109 cm³/mol. The van der Waals surface area contributed by atoms with Crippen LogP contribution in [0.15, 0.2) is 33.2 Å². The number of nitrogens with one attached hydrogen (secondary N) is 1. The van der Waals surface area contributed by atoms with Gasteiger partial charge in [0.15, 0.2) is 0 Å². The summed E-state index contributed by atoms with van der Waals surface area (Å²) in [4.78, 5) is 31.2. The number of H-pyrrole nitrogens is 1. The Kier molecular flexibility index (Phi) is 5.44. The third kappa shape index (κ3) is 3.39. The van der Waals surface area contributed by atoms with Crippen LogP contribution in [0, 0.1) is 13.8 Å². The van der Waals surface area contributed by atoms with E-state index in [9.17, 15) is 9.59 Å². The number of nitrogens with zero attached hydrogens (tertiary/aromatic N) is 2. The van der Waals surface area contributed by atoms with Gasteiger partial charge in [-0.1, -0.05) is 32.0 Å². The molecule has 3 rings (SSSR count). The van der Waals surface area contributed by atoms with E-state index in [4.69, 9.17) is 0 Å². The molecule has 0 aliphatic rings. The van der Waals surface area contributed by atoms with Crippen molar-refractivity contribution >= 4 is 21.6 Å². The van der Waals surface area contributed by atoms with Crippen LogP contribution in [0.1, 0.15) is 25.0 Å².